The average Bonchev–Trinajstić information content (AvgIpc) is 2.83. The normalized spacial score (nSPS) is 10.7. The Bertz CT molecular complexity index is 717. The molecule has 4 heteroatoms. The molecule has 3 rings (SSSR count). The third-order valence-electron chi connectivity index (χ3n) is 2.70. The lowest BCUT2D eigenvalue weighted by atomic mass is 10.2. The van der Waals surface area contributed by atoms with Gasteiger partial charge in [0, 0.05) is 5.56 Å². The molecule has 4 nitrogen and oxygen atoms in total. The van der Waals surface area contributed by atoms with Crippen LogP contribution in [0.5, 0.6) is 0 Å². The maximum absolute atomic E-state index is 11.3. The predicted molar refractivity (Wildman–Crippen MR) is 68.0 cm³/mol. The van der Waals surface area contributed by atoms with Crippen LogP contribution < -0.4 is 5.73 Å². The van der Waals surface area contributed by atoms with Gasteiger partial charge in [0.05, 0.1) is 5.56 Å². The highest BCUT2D eigenvalue weighted by atomic mass is 16.3. The van der Waals surface area contributed by atoms with E-state index in [9.17, 15) is 4.79 Å². The van der Waals surface area contributed by atoms with E-state index in [1.165, 1.54) is 0 Å². The van der Waals surface area contributed by atoms with E-state index in [-0.39, 0.29) is 0 Å². The average molecular weight is 238 g/mol. The van der Waals surface area contributed by atoms with Gasteiger partial charge in [-0.1, -0.05) is 24.3 Å². The summed E-state index contributed by atoms with van der Waals surface area (Å²) in [7, 11) is 0. The molecule has 3 aromatic rings. The van der Waals surface area contributed by atoms with E-state index >= 15 is 0 Å². The van der Waals surface area contributed by atoms with Gasteiger partial charge >= 0.3 is 0 Å². The Morgan fingerprint density at radius 3 is 2.56 bits per heavy atom. The molecule has 0 bridgehead atoms. The number of para-hydroxylation sites is 1. The summed E-state index contributed by atoms with van der Waals surface area (Å²) in [4.78, 5) is 15.6. The molecule has 1 heterocycles. The standard InChI is InChI=1S/C14H10N2O2/c15-13(17)10-7-4-8-11-12(10)18-14(16-11)9-5-2-1-3-6-9/h1-8H,(H2,15,17). The number of benzene rings is 2. The van der Waals surface area contributed by atoms with Crippen molar-refractivity contribution < 1.29 is 9.21 Å². The first-order valence-electron chi connectivity index (χ1n) is 5.50. The van der Waals surface area contributed by atoms with Crippen LogP contribution in [0, 0.1) is 0 Å². The second kappa shape index (κ2) is 4.00. The molecular formula is C14H10N2O2. The zero-order chi connectivity index (χ0) is 12.5. The number of nitrogens with two attached hydrogens (primary N) is 1. The molecule has 1 aromatic heterocycles. The van der Waals surface area contributed by atoms with Crippen LogP contribution in [0.2, 0.25) is 0 Å². The molecule has 18 heavy (non-hydrogen) atoms. The van der Waals surface area contributed by atoms with Crippen molar-refractivity contribution in [3.8, 4) is 11.5 Å². The van der Waals surface area contributed by atoms with Gasteiger partial charge in [-0.25, -0.2) is 4.98 Å². The van der Waals surface area contributed by atoms with Gasteiger partial charge in [-0.3, -0.25) is 4.79 Å². The van der Waals surface area contributed by atoms with Crippen LogP contribution in [-0.2, 0) is 0 Å². The summed E-state index contributed by atoms with van der Waals surface area (Å²) in [5.74, 6) is -0.0318. The van der Waals surface area contributed by atoms with Crippen molar-refractivity contribution >= 4 is 17.0 Å². The number of hydrogen-bond donors (Lipinski definition) is 1. The lowest BCUT2D eigenvalue weighted by Crippen LogP contribution is -2.10. The summed E-state index contributed by atoms with van der Waals surface area (Å²) >= 11 is 0. The second-order valence-electron chi connectivity index (χ2n) is 3.90. The Kier molecular flexibility index (Phi) is 2.34. The van der Waals surface area contributed by atoms with E-state index in [2.05, 4.69) is 4.98 Å². The van der Waals surface area contributed by atoms with Crippen LogP contribution in [0.25, 0.3) is 22.6 Å². The summed E-state index contributed by atoms with van der Waals surface area (Å²) < 4.78 is 5.63. The SMILES string of the molecule is NC(=O)c1cccc2nc(-c3ccccc3)oc12. The largest absolute Gasteiger partial charge is 0.435 e. The highest BCUT2D eigenvalue weighted by Crippen LogP contribution is 2.26. The van der Waals surface area contributed by atoms with Gasteiger partial charge in [0.1, 0.15) is 5.52 Å². The Morgan fingerprint density at radius 2 is 1.83 bits per heavy atom. The number of hydrogen-bond acceptors (Lipinski definition) is 3. The van der Waals surface area contributed by atoms with Crippen LogP contribution in [0.3, 0.4) is 0 Å². The van der Waals surface area contributed by atoms with Gasteiger partial charge < -0.3 is 10.2 Å². The lowest BCUT2D eigenvalue weighted by Gasteiger charge is -1.94. The molecule has 0 aliphatic carbocycles. The van der Waals surface area contributed by atoms with Crippen LogP contribution in [0.1, 0.15) is 10.4 Å². The van der Waals surface area contributed by atoms with E-state index in [1.54, 1.807) is 18.2 Å². The van der Waals surface area contributed by atoms with Crippen molar-refractivity contribution in [2.24, 2.45) is 5.73 Å². The van der Waals surface area contributed by atoms with Crippen LogP contribution in [-0.4, -0.2) is 10.9 Å². The first-order chi connectivity index (χ1) is 8.75. The molecule has 0 saturated heterocycles. The van der Waals surface area contributed by atoms with E-state index < -0.39 is 5.91 Å². The number of oxazole rings is 1. The maximum Gasteiger partial charge on any atom is 0.252 e. The van der Waals surface area contributed by atoms with Crippen molar-refractivity contribution in [2.45, 2.75) is 0 Å². The second-order valence-corrected chi connectivity index (χ2v) is 3.90. The van der Waals surface area contributed by atoms with E-state index in [0.717, 1.165) is 5.56 Å². The summed E-state index contributed by atoms with van der Waals surface area (Å²) in [6, 6.07) is 14.7. The molecule has 1 amide bonds. The summed E-state index contributed by atoms with van der Waals surface area (Å²) in [6.07, 6.45) is 0. The highest BCUT2D eigenvalue weighted by molar-refractivity contribution is 6.03. The molecule has 0 fully saturated rings. The quantitative estimate of drug-likeness (QED) is 0.746. The molecule has 0 atom stereocenters. The number of nitrogens with zero attached hydrogens (tertiary/aromatic N) is 1. The Labute approximate surface area is 103 Å². The van der Waals surface area contributed by atoms with Crippen molar-refractivity contribution in [3.05, 3.63) is 54.1 Å². The first-order valence-corrected chi connectivity index (χ1v) is 5.50. The molecule has 2 aromatic carbocycles. The van der Waals surface area contributed by atoms with Gasteiger partial charge in [-0.05, 0) is 24.3 Å². The molecule has 0 aliphatic heterocycles. The zero-order valence-electron chi connectivity index (χ0n) is 9.46. The van der Waals surface area contributed by atoms with Crippen LogP contribution >= 0.6 is 0 Å². The molecule has 0 unspecified atom stereocenters. The minimum absolute atomic E-state index is 0.349. The number of carbonyl (C=O) groups is 1. The monoisotopic (exact) mass is 238 g/mol. The molecule has 0 radical (unpaired) electrons. The number of fused-ring (bicyclic) bond motifs is 1. The fourth-order valence-electron chi connectivity index (χ4n) is 1.85. The molecule has 88 valence electrons. The minimum Gasteiger partial charge on any atom is -0.435 e. The van der Waals surface area contributed by atoms with Gasteiger partial charge in [0.25, 0.3) is 5.91 Å². The van der Waals surface area contributed by atoms with E-state index in [1.807, 2.05) is 30.3 Å². The summed E-state index contributed by atoms with van der Waals surface area (Å²) in [5.41, 5.74) is 7.58. The number of primary amides is 1. The van der Waals surface area contributed by atoms with E-state index in [4.69, 9.17) is 10.2 Å². The zero-order valence-corrected chi connectivity index (χ0v) is 9.46. The van der Waals surface area contributed by atoms with Crippen LogP contribution in [0.15, 0.2) is 52.9 Å². The topological polar surface area (TPSA) is 69.1 Å². The molecular weight excluding hydrogens is 228 g/mol. The summed E-state index contributed by atoms with van der Waals surface area (Å²) in [6.45, 7) is 0. The fraction of sp³-hybridized carbons (Fsp3) is 0. The number of aromatic nitrogens is 1. The first kappa shape index (κ1) is 10.5. The number of rotatable bonds is 2. The smallest absolute Gasteiger partial charge is 0.252 e. The van der Waals surface area contributed by atoms with Gasteiger partial charge in [-0.15, -0.1) is 0 Å². The highest BCUT2D eigenvalue weighted by Gasteiger charge is 2.13. The number of amides is 1. The maximum atomic E-state index is 11.3. The third kappa shape index (κ3) is 1.64. The Hall–Kier alpha value is -2.62. The fourth-order valence-corrected chi connectivity index (χ4v) is 1.85. The number of carbonyl (C=O) groups excluding carboxylic acids is 1. The minimum atomic E-state index is -0.517. The van der Waals surface area contributed by atoms with Crippen molar-refractivity contribution in [1.29, 1.82) is 0 Å². The van der Waals surface area contributed by atoms with Crippen molar-refractivity contribution in [2.75, 3.05) is 0 Å². The summed E-state index contributed by atoms with van der Waals surface area (Å²) in [5, 5.41) is 0. The van der Waals surface area contributed by atoms with E-state index in [0.29, 0.717) is 22.6 Å². The Balaban J connectivity index is 2.23. The van der Waals surface area contributed by atoms with Crippen molar-refractivity contribution in [3.63, 3.8) is 0 Å². The molecule has 0 spiro atoms. The van der Waals surface area contributed by atoms with Gasteiger partial charge in [-0.2, -0.15) is 0 Å². The third-order valence-corrected chi connectivity index (χ3v) is 2.70. The molecule has 0 saturated carbocycles. The van der Waals surface area contributed by atoms with Gasteiger partial charge in [0.15, 0.2) is 5.58 Å². The molecule has 0 aliphatic rings. The van der Waals surface area contributed by atoms with Crippen molar-refractivity contribution in [1.82, 2.24) is 4.98 Å². The Morgan fingerprint density at radius 1 is 1.06 bits per heavy atom. The lowest BCUT2D eigenvalue weighted by molar-refractivity contribution is 0.100. The predicted octanol–water partition coefficient (Wildman–Crippen LogP) is 2.59. The van der Waals surface area contributed by atoms with Crippen LogP contribution in [0.4, 0.5) is 0 Å². The molecule has 2 N–H and O–H groups in total. The van der Waals surface area contributed by atoms with Gasteiger partial charge in [0.2, 0.25) is 5.89 Å².